The van der Waals surface area contributed by atoms with Crippen LogP contribution in [0.25, 0.3) is 0 Å². The van der Waals surface area contributed by atoms with E-state index in [2.05, 4.69) is 0 Å². The highest BCUT2D eigenvalue weighted by Gasteiger charge is 2.45. The number of para-hydroxylation sites is 1. The van der Waals surface area contributed by atoms with Gasteiger partial charge in [0.15, 0.2) is 5.78 Å². The van der Waals surface area contributed by atoms with Crippen molar-refractivity contribution in [3.8, 4) is 5.75 Å². The summed E-state index contributed by atoms with van der Waals surface area (Å²) < 4.78 is 16.1. The number of rotatable bonds is 7. The zero-order chi connectivity index (χ0) is 24.2. The van der Waals surface area contributed by atoms with Gasteiger partial charge in [-0.05, 0) is 43.0 Å². The van der Waals surface area contributed by atoms with Crippen LogP contribution in [0.5, 0.6) is 5.75 Å². The number of nitrogens with zero attached hydrogens (tertiary/aromatic N) is 1. The lowest BCUT2D eigenvalue weighted by atomic mass is 9.69. The summed E-state index contributed by atoms with van der Waals surface area (Å²) in [5.41, 5.74) is 3.76. The molecule has 1 heterocycles. The molecule has 2 aliphatic rings. The van der Waals surface area contributed by atoms with Crippen molar-refractivity contribution in [3.63, 3.8) is 0 Å². The van der Waals surface area contributed by atoms with Gasteiger partial charge in [-0.15, -0.1) is 0 Å². The molecule has 4 rings (SSSR count). The Morgan fingerprint density at radius 2 is 1.79 bits per heavy atom. The average molecular weight is 482 g/mol. The van der Waals surface area contributed by atoms with Gasteiger partial charge in [0.2, 0.25) is 0 Å². The number of hydrogen-bond acceptors (Lipinski definition) is 6. The maximum Gasteiger partial charge on any atom is 0.315 e. The van der Waals surface area contributed by atoms with Crippen molar-refractivity contribution in [2.75, 3.05) is 27.4 Å². The fourth-order valence-corrected chi connectivity index (χ4v) is 5.04. The molecule has 1 aliphatic carbocycles. The first-order chi connectivity index (χ1) is 16.4. The molecule has 178 valence electrons. The van der Waals surface area contributed by atoms with E-state index >= 15 is 0 Å². The number of ketones is 1. The molecule has 6 nitrogen and oxygen atoms in total. The summed E-state index contributed by atoms with van der Waals surface area (Å²) in [6.07, 6.45) is 0.948. The second-order valence-electron chi connectivity index (χ2n) is 8.55. The minimum atomic E-state index is -0.720. The second kappa shape index (κ2) is 10.5. The molecular weight excluding hydrogens is 454 g/mol. The molecule has 2 aromatic rings. The van der Waals surface area contributed by atoms with Crippen molar-refractivity contribution in [3.05, 3.63) is 76.0 Å². The summed E-state index contributed by atoms with van der Waals surface area (Å²) in [7, 11) is 3.14. The number of Topliss-reactive ketones (excluding diaryl/α,β-unsaturated/α-hetero) is 1. The van der Waals surface area contributed by atoms with Gasteiger partial charge >= 0.3 is 5.97 Å². The lowest BCUT2D eigenvalue weighted by molar-refractivity contribution is -0.147. The van der Waals surface area contributed by atoms with Gasteiger partial charge in [-0.2, -0.15) is 0 Å². The molecule has 0 N–H and O–H groups in total. The Hall–Kier alpha value is -2.96. The molecule has 1 aliphatic heterocycles. The van der Waals surface area contributed by atoms with Crippen molar-refractivity contribution >= 4 is 29.1 Å². The number of halogens is 1. The number of hydrogen-bond donors (Lipinski definition) is 0. The zero-order valence-corrected chi connectivity index (χ0v) is 20.3. The number of allylic oxidation sites excluding steroid dienone is 2. The van der Waals surface area contributed by atoms with E-state index in [4.69, 9.17) is 30.8 Å². The van der Waals surface area contributed by atoms with Crippen LogP contribution in [0.15, 0.2) is 64.8 Å². The number of benzene rings is 2. The minimum absolute atomic E-state index is 0.00332. The van der Waals surface area contributed by atoms with Gasteiger partial charge in [0, 0.05) is 47.0 Å². The number of carbonyl (C=O) groups excluding carboxylic acids is 2. The van der Waals surface area contributed by atoms with Gasteiger partial charge < -0.3 is 14.2 Å². The Morgan fingerprint density at radius 1 is 1.06 bits per heavy atom. The smallest absolute Gasteiger partial charge is 0.315 e. The molecule has 2 aromatic carbocycles. The van der Waals surface area contributed by atoms with E-state index in [9.17, 15) is 9.59 Å². The average Bonchev–Trinajstić information content (AvgIpc) is 2.83. The molecule has 7 heteroatoms. The number of methoxy groups -OCH3 is 2. The van der Waals surface area contributed by atoms with Gasteiger partial charge in [-0.1, -0.05) is 41.9 Å². The van der Waals surface area contributed by atoms with Crippen molar-refractivity contribution in [1.29, 1.82) is 0 Å². The third kappa shape index (κ3) is 4.79. The van der Waals surface area contributed by atoms with Crippen LogP contribution >= 0.6 is 11.6 Å². The van der Waals surface area contributed by atoms with Gasteiger partial charge in [-0.3, -0.25) is 14.6 Å². The van der Waals surface area contributed by atoms with Crippen molar-refractivity contribution in [2.24, 2.45) is 10.9 Å². The predicted molar refractivity (Wildman–Crippen MR) is 131 cm³/mol. The van der Waals surface area contributed by atoms with Crippen LogP contribution in [-0.2, 0) is 19.1 Å². The Morgan fingerprint density at radius 3 is 2.50 bits per heavy atom. The Balaban J connectivity index is 1.77. The quantitative estimate of drug-likeness (QED) is 0.405. The fraction of sp³-hybridized carbons (Fsp3) is 0.370. The van der Waals surface area contributed by atoms with E-state index < -0.39 is 17.8 Å². The van der Waals surface area contributed by atoms with E-state index in [0.29, 0.717) is 41.5 Å². The van der Waals surface area contributed by atoms with E-state index in [1.807, 2.05) is 55.5 Å². The molecule has 0 saturated heterocycles. The molecule has 0 aromatic heterocycles. The third-order valence-corrected chi connectivity index (χ3v) is 6.74. The summed E-state index contributed by atoms with van der Waals surface area (Å²) in [6, 6.07) is 15.1. The second-order valence-corrected chi connectivity index (χ2v) is 8.99. The number of ether oxygens (including phenoxy) is 3. The Labute approximate surface area is 204 Å². The van der Waals surface area contributed by atoms with Gasteiger partial charge in [0.1, 0.15) is 18.3 Å². The van der Waals surface area contributed by atoms with Gasteiger partial charge in [-0.25, -0.2) is 0 Å². The van der Waals surface area contributed by atoms with Crippen LogP contribution in [0.1, 0.15) is 42.7 Å². The molecule has 0 fully saturated rings. The molecular formula is C27H28ClNO5. The van der Waals surface area contributed by atoms with Crippen molar-refractivity contribution in [2.45, 2.75) is 31.6 Å². The van der Waals surface area contributed by atoms with Crippen LogP contribution < -0.4 is 4.74 Å². The first-order valence-electron chi connectivity index (χ1n) is 11.3. The fourth-order valence-electron chi connectivity index (χ4n) is 4.91. The maximum absolute atomic E-state index is 13.6. The van der Waals surface area contributed by atoms with Gasteiger partial charge in [0.25, 0.3) is 0 Å². The third-order valence-electron chi connectivity index (χ3n) is 6.49. The molecule has 0 amide bonds. The molecule has 0 spiro atoms. The van der Waals surface area contributed by atoms with Crippen LogP contribution in [0.2, 0.25) is 5.02 Å². The van der Waals surface area contributed by atoms with Gasteiger partial charge in [0.05, 0.1) is 13.7 Å². The van der Waals surface area contributed by atoms with E-state index in [1.165, 1.54) is 0 Å². The summed E-state index contributed by atoms with van der Waals surface area (Å²) >= 11 is 6.05. The zero-order valence-electron chi connectivity index (χ0n) is 19.5. The standard InChI is InChI=1S/C27H28ClNO5/c1-16-24(27(31)34-13-12-32-2)25(20-6-4-5-7-23(20)33-3)26-21(29-16)14-18(15-22(26)30)17-8-10-19(28)11-9-17/h4-11,18,24-25H,12-15H2,1-3H3/t18-,24?,25+/m1/s1. The highest BCUT2D eigenvalue weighted by atomic mass is 35.5. The summed E-state index contributed by atoms with van der Waals surface area (Å²) in [5, 5.41) is 0.656. The predicted octanol–water partition coefficient (Wildman–Crippen LogP) is 5.11. The normalized spacial score (nSPS) is 22.2. The minimum Gasteiger partial charge on any atom is -0.496 e. The Kier molecular flexibility index (Phi) is 7.49. The molecule has 1 unspecified atom stereocenters. The molecule has 3 atom stereocenters. The van der Waals surface area contributed by atoms with E-state index in [0.717, 1.165) is 16.8 Å². The highest BCUT2D eigenvalue weighted by molar-refractivity contribution is 6.30. The topological polar surface area (TPSA) is 74.2 Å². The van der Waals surface area contributed by atoms with Crippen LogP contribution in [0.4, 0.5) is 0 Å². The first-order valence-corrected chi connectivity index (χ1v) is 11.7. The van der Waals surface area contributed by atoms with Crippen LogP contribution in [0, 0.1) is 5.92 Å². The van der Waals surface area contributed by atoms with E-state index in [-0.39, 0.29) is 18.3 Å². The van der Waals surface area contributed by atoms with Crippen LogP contribution in [0.3, 0.4) is 0 Å². The van der Waals surface area contributed by atoms with Crippen molar-refractivity contribution in [1.82, 2.24) is 0 Å². The first kappa shape index (κ1) is 24.2. The lowest BCUT2D eigenvalue weighted by Gasteiger charge is -2.37. The van der Waals surface area contributed by atoms with E-state index in [1.54, 1.807) is 14.2 Å². The summed E-state index contributed by atoms with van der Waals surface area (Å²) in [5.74, 6) is -1.06. The summed E-state index contributed by atoms with van der Waals surface area (Å²) in [6.45, 7) is 2.25. The highest BCUT2D eigenvalue weighted by Crippen LogP contribution is 2.48. The number of aliphatic imine (C=N–C) groups is 1. The maximum atomic E-state index is 13.6. The monoisotopic (exact) mass is 481 g/mol. The summed E-state index contributed by atoms with van der Waals surface area (Å²) in [4.78, 5) is 31.6. The SMILES string of the molecule is COCCOC(=O)C1C(C)=NC2=C(C(=O)C[C@H](c3ccc(Cl)cc3)C2)[C@H]1c1ccccc1OC. The molecule has 0 saturated carbocycles. The lowest BCUT2D eigenvalue weighted by Crippen LogP contribution is -2.38. The van der Waals surface area contributed by atoms with Crippen molar-refractivity contribution < 1.29 is 23.8 Å². The van der Waals surface area contributed by atoms with Crippen LogP contribution in [-0.4, -0.2) is 44.9 Å². The molecule has 34 heavy (non-hydrogen) atoms. The number of esters is 1. The Bertz CT molecular complexity index is 1140. The molecule has 0 bridgehead atoms. The largest absolute Gasteiger partial charge is 0.496 e. The molecule has 0 radical (unpaired) electrons. The number of carbonyl (C=O) groups is 2.